The SMILES string of the molecule is Cc1cccc(C)c1NCCN(CCNc1c(C)cccc1C)Cc1ccccn1.[Cl-].[Cl-].[Os+2]. The van der Waals surface area contributed by atoms with E-state index in [1.807, 2.05) is 12.3 Å². The molecule has 0 fully saturated rings. The van der Waals surface area contributed by atoms with Crippen molar-refractivity contribution in [3.8, 4) is 0 Å². The predicted octanol–water partition coefficient (Wildman–Crippen LogP) is -0.653. The smallest absolute Gasteiger partial charge is 1.00 e. The van der Waals surface area contributed by atoms with Gasteiger partial charge in [-0.2, -0.15) is 0 Å². The summed E-state index contributed by atoms with van der Waals surface area (Å²) in [7, 11) is 0. The van der Waals surface area contributed by atoms with E-state index in [-0.39, 0.29) is 44.6 Å². The van der Waals surface area contributed by atoms with Crippen LogP contribution in [0, 0.1) is 27.7 Å². The number of benzene rings is 2. The normalized spacial score (nSPS) is 9.97. The van der Waals surface area contributed by atoms with E-state index in [9.17, 15) is 0 Å². The van der Waals surface area contributed by atoms with Gasteiger partial charge in [0.1, 0.15) is 0 Å². The summed E-state index contributed by atoms with van der Waals surface area (Å²) >= 11 is 0. The van der Waals surface area contributed by atoms with Gasteiger partial charge in [0.05, 0.1) is 5.69 Å². The number of aromatic nitrogens is 1. The summed E-state index contributed by atoms with van der Waals surface area (Å²) in [6.07, 6.45) is 1.87. The zero-order valence-electron chi connectivity index (χ0n) is 19.8. The molecule has 0 saturated heterocycles. The van der Waals surface area contributed by atoms with E-state index in [0.29, 0.717) is 0 Å². The van der Waals surface area contributed by atoms with Gasteiger partial charge in [-0.3, -0.25) is 9.88 Å². The van der Waals surface area contributed by atoms with Crippen molar-refractivity contribution in [2.45, 2.75) is 34.2 Å². The van der Waals surface area contributed by atoms with Gasteiger partial charge >= 0.3 is 19.8 Å². The molecule has 0 spiro atoms. The minimum absolute atomic E-state index is 0. The number of anilines is 2. The minimum Gasteiger partial charge on any atom is -1.00 e. The molecule has 0 saturated carbocycles. The summed E-state index contributed by atoms with van der Waals surface area (Å²) in [5.41, 5.74) is 8.79. The van der Waals surface area contributed by atoms with Gasteiger partial charge in [0.15, 0.2) is 0 Å². The number of hydrogen-bond donors (Lipinski definition) is 2. The Labute approximate surface area is 224 Å². The summed E-state index contributed by atoms with van der Waals surface area (Å²) in [5.74, 6) is 0. The molecule has 2 aromatic carbocycles. The zero-order valence-corrected chi connectivity index (χ0v) is 23.9. The second-order valence-corrected chi connectivity index (χ2v) is 7.98. The second kappa shape index (κ2) is 16.1. The molecule has 0 aliphatic heterocycles. The largest absolute Gasteiger partial charge is 2.00 e. The van der Waals surface area contributed by atoms with Crippen molar-refractivity contribution in [1.82, 2.24) is 9.88 Å². The van der Waals surface area contributed by atoms with Gasteiger partial charge in [0.25, 0.3) is 0 Å². The van der Waals surface area contributed by atoms with Crippen molar-refractivity contribution in [3.63, 3.8) is 0 Å². The van der Waals surface area contributed by atoms with E-state index in [2.05, 4.69) is 96.7 Å². The van der Waals surface area contributed by atoms with Crippen molar-refractivity contribution in [3.05, 3.63) is 88.7 Å². The summed E-state index contributed by atoms with van der Waals surface area (Å²) in [6, 6.07) is 19.0. The minimum atomic E-state index is 0. The standard InChI is InChI=1S/C26H34N4.2ClH.Os/c1-20-9-7-10-21(2)25(20)28-15-17-30(19-24-13-5-6-14-27-24)18-16-29-26-22(3)11-8-12-23(26)4;;;/h5-14,28-29H,15-19H2,1-4H3;2*1H;/q;;;+2/p-2. The van der Waals surface area contributed by atoms with Gasteiger partial charge in [0.2, 0.25) is 0 Å². The average molecular weight is 664 g/mol. The number of pyridine rings is 1. The van der Waals surface area contributed by atoms with Crippen molar-refractivity contribution < 1.29 is 44.6 Å². The summed E-state index contributed by atoms with van der Waals surface area (Å²) in [5, 5.41) is 7.28. The van der Waals surface area contributed by atoms with Crippen LogP contribution in [0.1, 0.15) is 27.9 Å². The first-order valence-corrected chi connectivity index (χ1v) is 10.8. The number of rotatable bonds is 10. The van der Waals surface area contributed by atoms with Crippen LogP contribution >= 0.6 is 0 Å². The maximum Gasteiger partial charge on any atom is 2.00 e. The Bertz CT molecular complexity index is 856. The van der Waals surface area contributed by atoms with Crippen LogP contribution in [-0.2, 0) is 26.3 Å². The molecule has 4 nitrogen and oxygen atoms in total. The van der Waals surface area contributed by atoms with Gasteiger partial charge in [-0.05, 0) is 62.1 Å². The molecule has 7 heteroatoms. The van der Waals surface area contributed by atoms with Crippen molar-refractivity contribution >= 4 is 11.4 Å². The quantitative estimate of drug-likeness (QED) is 0.303. The van der Waals surface area contributed by atoms with Crippen LogP contribution in [0.3, 0.4) is 0 Å². The monoisotopic (exact) mass is 664 g/mol. The molecule has 3 aromatic rings. The third kappa shape index (κ3) is 9.63. The van der Waals surface area contributed by atoms with Gasteiger partial charge in [-0.25, -0.2) is 0 Å². The fourth-order valence-corrected chi connectivity index (χ4v) is 3.86. The van der Waals surface area contributed by atoms with Crippen LogP contribution in [0.5, 0.6) is 0 Å². The molecule has 180 valence electrons. The molecular weight excluding hydrogens is 629 g/mol. The molecule has 0 aliphatic carbocycles. The van der Waals surface area contributed by atoms with E-state index >= 15 is 0 Å². The maximum atomic E-state index is 4.53. The van der Waals surface area contributed by atoms with Crippen molar-refractivity contribution in [2.24, 2.45) is 0 Å². The first kappa shape index (κ1) is 31.4. The fourth-order valence-electron chi connectivity index (χ4n) is 3.86. The first-order valence-electron chi connectivity index (χ1n) is 10.8. The Hall–Kier alpha value is -1.63. The number of halogens is 2. The number of hydrogen-bond acceptors (Lipinski definition) is 4. The van der Waals surface area contributed by atoms with Crippen LogP contribution in [0.2, 0.25) is 0 Å². The van der Waals surface area contributed by atoms with Crippen LogP contribution in [0.4, 0.5) is 11.4 Å². The maximum absolute atomic E-state index is 4.53. The second-order valence-electron chi connectivity index (χ2n) is 7.98. The Kier molecular flexibility index (Phi) is 15.3. The molecule has 2 N–H and O–H groups in total. The molecule has 33 heavy (non-hydrogen) atoms. The zero-order chi connectivity index (χ0) is 21.3. The summed E-state index contributed by atoms with van der Waals surface area (Å²) in [6.45, 7) is 13.2. The average Bonchev–Trinajstić information content (AvgIpc) is 2.73. The third-order valence-corrected chi connectivity index (χ3v) is 5.53. The molecule has 3 rings (SSSR count). The van der Waals surface area contributed by atoms with Crippen LogP contribution < -0.4 is 35.4 Å². The fraction of sp³-hybridized carbons (Fsp3) is 0.346. The Balaban J connectivity index is 0.00000341. The van der Waals surface area contributed by atoms with Crippen molar-refractivity contribution in [2.75, 3.05) is 36.8 Å². The summed E-state index contributed by atoms with van der Waals surface area (Å²) < 4.78 is 0. The number of nitrogens with one attached hydrogen (secondary N) is 2. The first-order chi connectivity index (χ1) is 14.5. The molecule has 1 heterocycles. The molecule has 0 atom stereocenters. The Morgan fingerprint density at radius 1 is 0.667 bits per heavy atom. The molecule has 0 radical (unpaired) electrons. The number of aryl methyl sites for hydroxylation is 4. The molecule has 0 amide bonds. The molecule has 1 aromatic heterocycles. The van der Waals surface area contributed by atoms with Crippen LogP contribution in [-0.4, -0.2) is 36.1 Å². The van der Waals surface area contributed by atoms with Gasteiger partial charge in [-0.15, -0.1) is 0 Å². The van der Waals surface area contributed by atoms with Crippen LogP contribution in [0.15, 0.2) is 60.8 Å². The van der Waals surface area contributed by atoms with E-state index < -0.39 is 0 Å². The predicted molar refractivity (Wildman–Crippen MR) is 128 cm³/mol. The van der Waals surface area contributed by atoms with E-state index in [4.69, 9.17) is 0 Å². The van der Waals surface area contributed by atoms with E-state index in [0.717, 1.165) is 38.4 Å². The van der Waals surface area contributed by atoms with Crippen molar-refractivity contribution in [1.29, 1.82) is 0 Å². The topological polar surface area (TPSA) is 40.2 Å². The van der Waals surface area contributed by atoms with E-state index in [1.165, 1.54) is 33.6 Å². The van der Waals surface area contributed by atoms with Gasteiger partial charge in [-0.1, -0.05) is 42.5 Å². The Morgan fingerprint density at radius 3 is 1.52 bits per heavy atom. The van der Waals surface area contributed by atoms with E-state index in [1.54, 1.807) is 0 Å². The van der Waals surface area contributed by atoms with Crippen LogP contribution in [0.25, 0.3) is 0 Å². The molecular formula is C26H34Cl2N4Os. The van der Waals surface area contributed by atoms with Gasteiger partial charge < -0.3 is 35.4 Å². The number of nitrogens with zero attached hydrogens (tertiary/aromatic N) is 2. The third-order valence-electron chi connectivity index (χ3n) is 5.53. The summed E-state index contributed by atoms with van der Waals surface area (Å²) in [4.78, 5) is 6.99. The van der Waals surface area contributed by atoms with Gasteiger partial charge in [0, 0.05) is 50.3 Å². The Morgan fingerprint density at radius 2 is 1.12 bits per heavy atom. The number of para-hydroxylation sites is 2. The molecule has 0 aliphatic rings. The molecule has 0 unspecified atom stereocenters. The molecule has 0 bridgehead atoms.